The number of ether oxygens (including phenoxy) is 1. The average Bonchev–Trinajstić information content (AvgIpc) is 2.54. The summed E-state index contributed by atoms with van der Waals surface area (Å²) in [5.74, 6) is -0.747. The van der Waals surface area contributed by atoms with Crippen molar-refractivity contribution in [3.8, 4) is 0 Å². The Morgan fingerprint density at radius 3 is 2.44 bits per heavy atom. The maximum Gasteiger partial charge on any atom is 0.417 e. The number of hydrogen-bond donors (Lipinski definition) is 1. The number of benzene rings is 2. The van der Waals surface area contributed by atoms with Crippen LogP contribution in [0, 0.1) is 0 Å². The number of methoxy groups -OCH3 is 1. The van der Waals surface area contributed by atoms with E-state index in [1.165, 1.54) is 18.2 Å². The van der Waals surface area contributed by atoms with Crippen LogP contribution in [-0.2, 0) is 20.9 Å². The second kappa shape index (κ2) is 6.93. The molecule has 5 nitrogen and oxygen atoms in total. The predicted molar refractivity (Wildman–Crippen MR) is 85.0 cm³/mol. The van der Waals surface area contributed by atoms with E-state index in [1.54, 1.807) is 0 Å². The minimum Gasteiger partial charge on any atom is -0.465 e. The van der Waals surface area contributed by atoms with Crippen molar-refractivity contribution in [3.05, 3.63) is 58.6 Å². The first kappa shape index (κ1) is 19.1. The lowest BCUT2D eigenvalue weighted by atomic mass is 10.2. The minimum atomic E-state index is -4.73. The van der Waals surface area contributed by atoms with Gasteiger partial charge in [0.2, 0.25) is 0 Å². The number of carbonyl (C=O) groups is 1. The van der Waals surface area contributed by atoms with Crippen LogP contribution in [-0.4, -0.2) is 21.5 Å². The highest BCUT2D eigenvalue weighted by atomic mass is 35.5. The second-order valence-corrected chi connectivity index (χ2v) is 6.91. The van der Waals surface area contributed by atoms with Gasteiger partial charge < -0.3 is 4.74 Å². The van der Waals surface area contributed by atoms with E-state index in [0.717, 1.165) is 25.3 Å². The zero-order valence-corrected chi connectivity index (χ0v) is 14.2. The number of sulfonamides is 1. The van der Waals surface area contributed by atoms with Gasteiger partial charge in [-0.05, 0) is 36.4 Å². The van der Waals surface area contributed by atoms with E-state index in [2.05, 4.69) is 4.74 Å². The van der Waals surface area contributed by atoms with Crippen molar-refractivity contribution in [1.29, 1.82) is 0 Å². The van der Waals surface area contributed by atoms with Crippen LogP contribution in [0.1, 0.15) is 15.9 Å². The topological polar surface area (TPSA) is 72.5 Å². The van der Waals surface area contributed by atoms with E-state index in [9.17, 15) is 26.4 Å². The van der Waals surface area contributed by atoms with E-state index in [4.69, 9.17) is 11.6 Å². The Balaban J connectivity index is 2.38. The van der Waals surface area contributed by atoms with E-state index in [1.807, 2.05) is 4.72 Å². The molecule has 2 aromatic carbocycles. The first-order valence-electron chi connectivity index (χ1n) is 6.62. The molecule has 0 saturated carbocycles. The Morgan fingerprint density at radius 2 is 1.84 bits per heavy atom. The van der Waals surface area contributed by atoms with Crippen molar-refractivity contribution >= 4 is 33.3 Å². The van der Waals surface area contributed by atoms with Gasteiger partial charge in [0.05, 0.1) is 28.2 Å². The molecule has 25 heavy (non-hydrogen) atoms. The van der Waals surface area contributed by atoms with Gasteiger partial charge in [-0.25, -0.2) is 13.2 Å². The van der Waals surface area contributed by atoms with Crippen LogP contribution < -0.4 is 4.72 Å². The van der Waals surface area contributed by atoms with Gasteiger partial charge in [0.25, 0.3) is 10.0 Å². The molecule has 0 aromatic heterocycles. The molecule has 0 saturated heterocycles. The summed E-state index contributed by atoms with van der Waals surface area (Å²) in [6, 6.07) is 7.51. The molecule has 2 rings (SSSR count). The van der Waals surface area contributed by atoms with Gasteiger partial charge in [-0.15, -0.1) is 0 Å². The number of hydrogen-bond acceptors (Lipinski definition) is 4. The minimum absolute atomic E-state index is 0.0162. The molecule has 0 aliphatic carbocycles. The fourth-order valence-corrected chi connectivity index (χ4v) is 3.25. The highest BCUT2D eigenvalue weighted by Gasteiger charge is 2.33. The van der Waals surface area contributed by atoms with Crippen LogP contribution in [0.2, 0.25) is 5.02 Å². The van der Waals surface area contributed by atoms with Gasteiger partial charge in [0, 0.05) is 5.69 Å². The van der Waals surface area contributed by atoms with E-state index >= 15 is 0 Å². The second-order valence-electron chi connectivity index (χ2n) is 4.82. The van der Waals surface area contributed by atoms with Gasteiger partial charge in [-0.1, -0.05) is 17.7 Å². The Kier molecular flexibility index (Phi) is 5.28. The van der Waals surface area contributed by atoms with Crippen molar-refractivity contribution in [1.82, 2.24) is 0 Å². The van der Waals surface area contributed by atoms with Crippen molar-refractivity contribution in [2.45, 2.75) is 11.1 Å². The molecule has 0 aliphatic rings. The zero-order valence-electron chi connectivity index (χ0n) is 12.6. The van der Waals surface area contributed by atoms with Crippen molar-refractivity contribution in [3.63, 3.8) is 0 Å². The van der Waals surface area contributed by atoms with Crippen molar-refractivity contribution < 1.29 is 31.1 Å². The van der Waals surface area contributed by atoms with E-state index in [0.29, 0.717) is 6.07 Å². The molecule has 0 atom stereocenters. The third-order valence-electron chi connectivity index (χ3n) is 3.09. The molecule has 2 aromatic rings. The van der Waals surface area contributed by atoms with Crippen LogP contribution in [0.4, 0.5) is 18.9 Å². The van der Waals surface area contributed by atoms with E-state index in [-0.39, 0.29) is 16.1 Å². The van der Waals surface area contributed by atoms with Gasteiger partial charge in [0.15, 0.2) is 0 Å². The van der Waals surface area contributed by atoms with Crippen LogP contribution in [0.5, 0.6) is 0 Å². The molecule has 0 aliphatic heterocycles. The number of halogens is 4. The molecule has 0 spiro atoms. The van der Waals surface area contributed by atoms with Gasteiger partial charge in [0.1, 0.15) is 0 Å². The number of nitrogens with one attached hydrogen (secondary N) is 1. The lowest BCUT2D eigenvalue weighted by Gasteiger charge is -2.13. The summed E-state index contributed by atoms with van der Waals surface area (Å²) < 4.78 is 69.7. The Bertz CT molecular complexity index is 913. The summed E-state index contributed by atoms with van der Waals surface area (Å²) in [6.45, 7) is 0. The molecule has 134 valence electrons. The molecule has 0 bridgehead atoms. The maximum atomic E-state index is 12.9. The number of esters is 1. The lowest BCUT2D eigenvalue weighted by Crippen LogP contribution is -2.15. The number of anilines is 1. The van der Waals surface area contributed by atoms with Gasteiger partial charge in [-0.2, -0.15) is 13.2 Å². The standard InChI is InChI=1S/C15H11ClF3NO4S/c1-24-14(21)9-3-2-4-11(7-9)25(22,23)20-10-5-6-13(16)12(8-10)15(17,18)19/h2-8,20H,1H3. The Labute approximate surface area is 146 Å². The van der Waals surface area contributed by atoms with Crippen LogP contribution in [0.15, 0.2) is 47.4 Å². The fourth-order valence-electron chi connectivity index (χ4n) is 1.93. The first-order valence-corrected chi connectivity index (χ1v) is 8.48. The monoisotopic (exact) mass is 393 g/mol. The molecule has 10 heteroatoms. The summed E-state index contributed by atoms with van der Waals surface area (Å²) in [5, 5.41) is -0.553. The summed E-state index contributed by atoms with van der Waals surface area (Å²) in [4.78, 5) is 11.2. The Hall–Kier alpha value is -2.26. The Morgan fingerprint density at radius 1 is 1.16 bits per heavy atom. The normalized spacial score (nSPS) is 11.9. The molecule has 0 heterocycles. The highest BCUT2D eigenvalue weighted by Crippen LogP contribution is 2.36. The molecule has 0 radical (unpaired) electrons. The summed E-state index contributed by atoms with van der Waals surface area (Å²) in [5.41, 5.74) is -1.50. The first-order chi connectivity index (χ1) is 11.5. The molecule has 0 amide bonds. The summed E-state index contributed by atoms with van der Waals surface area (Å²) in [6.07, 6.45) is -4.73. The zero-order chi connectivity index (χ0) is 18.8. The smallest absolute Gasteiger partial charge is 0.417 e. The van der Waals surface area contributed by atoms with Crippen molar-refractivity contribution in [2.75, 3.05) is 11.8 Å². The molecular formula is C15H11ClF3NO4S. The molecule has 0 unspecified atom stereocenters. The highest BCUT2D eigenvalue weighted by molar-refractivity contribution is 7.92. The van der Waals surface area contributed by atoms with Crippen LogP contribution >= 0.6 is 11.6 Å². The molecule has 0 fully saturated rings. The maximum absolute atomic E-state index is 12.9. The van der Waals surface area contributed by atoms with Gasteiger partial charge >= 0.3 is 12.1 Å². The number of alkyl halides is 3. The van der Waals surface area contributed by atoms with Crippen LogP contribution in [0.25, 0.3) is 0 Å². The van der Waals surface area contributed by atoms with Crippen molar-refractivity contribution in [2.24, 2.45) is 0 Å². The fraction of sp³-hybridized carbons (Fsp3) is 0.133. The average molecular weight is 394 g/mol. The van der Waals surface area contributed by atoms with Gasteiger partial charge in [-0.3, -0.25) is 4.72 Å². The molecule has 1 N–H and O–H groups in total. The van der Waals surface area contributed by atoms with Crippen LogP contribution in [0.3, 0.4) is 0 Å². The predicted octanol–water partition coefficient (Wildman–Crippen LogP) is 3.95. The number of rotatable bonds is 4. The third kappa shape index (κ3) is 4.43. The third-order valence-corrected chi connectivity index (χ3v) is 4.80. The van der Waals surface area contributed by atoms with E-state index < -0.39 is 32.8 Å². The SMILES string of the molecule is COC(=O)c1cccc(S(=O)(=O)Nc2ccc(Cl)c(C(F)(F)F)c2)c1. The molecular weight excluding hydrogens is 383 g/mol. The summed E-state index contributed by atoms with van der Waals surface area (Å²) >= 11 is 5.49. The number of carbonyl (C=O) groups excluding carboxylic acids is 1. The quantitative estimate of drug-likeness (QED) is 0.798. The summed E-state index contributed by atoms with van der Waals surface area (Å²) in [7, 11) is -3.09. The lowest BCUT2D eigenvalue weighted by molar-refractivity contribution is -0.137. The largest absolute Gasteiger partial charge is 0.465 e.